The second-order valence-electron chi connectivity index (χ2n) is 7.24. The summed E-state index contributed by atoms with van der Waals surface area (Å²) in [4.78, 5) is 20.5. The third-order valence-corrected chi connectivity index (χ3v) is 5.03. The molecule has 2 aromatic carbocycles. The molecule has 0 saturated carbocycles. The number of hydrogen-bond donors (Lipinski definition) is 0. The molecular formula is C21H21FN4O2. The molecule has 3 aromatic rings. The Labute approximate surface area is 162 Å². The minimum atomic E-state index is -0.324. The van der Waals surface area contributed by atoms with Gasteiger partial charge in [-0.1, -0.05) is 11.2 Å². The Morgan fingerprint density at radius 3 is 2.61 bits per heavy atom. The summed E-state index contributed by atoms with van der Waals surface area (Å²) in [5.41, 5.74) is 3.03. The van der Waals surface area contributed by atoms with Gasteiger partial charge in [0.25, 0.3) is 0 Å². The van der Waals surface area contributed by atoms with Crippen LogP contribution in [0, 0.1) is 12.7 Å². The Morgan fingerprint density at radius 1 is 1.18 bits per heavy atom. The maximum absolute atomic E-state index is 13.9. The number of amides is 1. The third kappa shape index (κ3) is 3.35. The Morgan fingerprint density at radius 2 is 1.93 bits per heavy atom. The molecule has 1 saturated heterocycles. The van der Waals surface area contributed by atoms with Crippen molar-refractivity contribution in [3.63, 3.8) is 0 Å². The summed E-state index contributed by atoms with van der Waals surface area (Å²) in [6.07, 6.45) is 0.261. The average molecular weight is 380 g/mol. The van der Waals surface area contributed by atoms with Gasteiger partial charge in [0.05, 0.1) is 5.92 Å². The Bertz CT molecular complexity index is 1010. The number of anilines is 2. The van der Waals surface area contributed by atoms with E-state index in [-0.39, 0.29) is 24.1 Å². The Balaban J connectivity index is 1.53. The molecule has 1 unspecified atom stereocenters. The van der Waals surface area contributed by atoms with Gasteiger partial charge in [-0.2, -0.15) is 4.98 Å². The highest BCUT2D eigenvalue weighted by Crippen LogP contribution is 2.32. The van der Waals surface area contributed by atoms with Crippen molar-refractivity contribution < 1.29 is 13.7 Å². The van der Waals surface area contributed by atoms with Crippen LogP contribution in [0.5, 0.6) is 0 Å². The van der Waals surface area contributed by atoms with Gasteiger partial charge in [0, 0.05) is 44.0 Å². The van der Waals surface area contributed by atoms with Crippen LogP contribution in [0.1, 0.15) is 23.8 Å². The predicted octanol–water partition coefficient (Wildman–Crippen LogP) is 3.77. The van der Waals surface area contributed by atoms with Gasteiger partial charge in [-0.3, -0.25) is 4.79 Å². The number of carbonyl (C=O) groups is 1. The van der Waals surface area contributed by atoms with Crippen LogP contribution in [0.25, 0.3) is 11.4 Å². The summed E-state index contributed by atoms with van der Waals surface area (Å²) in [7, 11) is 3.95. The minimum Gasteiger partial charge on any atom is -0.378 e. The highest BCUT2D eigenvalue weighted by molar-refractivity contribution is 5.96. The van der Waals surface area contributed by atoms with Crippen LogP contribution >= 0.6 is 0 Å². The minimum absolute atomic E-state index is 0.0802. The summed E-state index contributed by atoms with van der Waals surface area (Å²) in [6.45, 7) is 2.08. The van der Waals surface area contributed by atoms with Gasteiger partial charge >= 0.3 is 0 Å². The SMILES string of the molecule is Cc1ccc(N2CC(c3nc(-c4ccc(N(C)C)cc4)no3)CC2=O)cc1F. The van der Waals surface area contributed by atoms with Crippen molar-refractivity contribution in [2.75, 3.05) is 30.4 Å². The van der Waals surface area contributed by atoms with Crippen LogP contribution in [-0.4, -0.2) is 36.7 Å². The lowest BCUT2D eigenvalue weighted by atomic mass is 10.1. The molecule has 1 atom stereocenters. The fraction of sp³-hybridized carbons (Fsp3) is 0.286. The van der Waals surface area contributed by atoms with E-state index in [1.807, 2.05) is 43.3 Å². The second kappa shape index (κ2) is 7.07. The van der Waals surface area contributed by atoms with Crippen molar-refractivity contribution in [1.29, 1.82) is 0 Å². The monoisotopic (exact) mass is 380 g/mol. The quantitative estimate of drug-likeness (QED) is 0.689. The van der Waals surface area contributed by atoms with Gasteiger partial charge < -0.3 is 14.3 Å². The second-order valence-corrected chi connectivity index (χ2v) is 7.24. The molecule has 0 spiro atoms. The maximum atomic E-state index is 13.9. The molecule has 7 heteroatoms. The standard InChI is InChI=1S/C21H21FN4O2/c1-13-4-7-17(11-18(13)22)26-12-15(10-19(26)27)21-23-20(24-28-21)14-5-8-16(9-6-14)25(2)3/h4-9,11,15H,10,12H2,1-3H3. The zero-order valence-electron chi connectivity index (χ0n) is 16.0. The fourth-order valence-electron chi connectivity index (χ4n) is 3.30. The third-order valence-electron chi connectivity index (χ3n) is 5.03. The molecule has 28 heavy (non-hydrogen) atoms. The number of nitrogens with zero attached hydrogens (tertiary/aromatic N) is 4. The molecule has 1 aliphatic heterocycles. The van der Waals surface area contributed by atoms with Gasteiger partial charge in [0.15, 0.2) is 0 Å². The average Bonchev–Trinajstić information content (AvgIpc) is 3.31. The normalized spacial score (nSPS) is 16.6. The highest BCUT2D eigenvalue weighted by Gasteiger charge is 2.35. The molecular weight excluding hydrogens is 359 g/mol. The number of rotatable bonds is 4. The van der Waals surface area contributed by atoms with Crippen LogP contribution < -0.4 is 9.80 Å². The molecule has 0 N–H and O–H groups in total. The summed E-state index contributed by atoms with van der Waals surface area (Å²) in [5.74, 6) is 0.306. The van der Waals surface area contributed by atoms with E-state index in [0.717, 1.165) is 11.3 Å². The smallest absolute Gasteiger partial charge is 0.232 e. The van der Waals surface area contributed by atoms with Gasteiger partial charge in [-0.15, -0.1) is 0 Å². The molecule has 2 heterocycles. The van der Waals surface area contributed by atoms with E-state index in [9.17, 15) is 9.18 Å². The molecule has 4 rings (SSSR count). The predicted molar refractivity (Wildman–Crippen MR) is 105 cm³/mol. The van der Waals surface area contributed by atoms with E-state index in [1.165, 1.54) is 6.07 Å². The number of halogens is 1. The number of carbonyl (C=O) groups excluding carboxylic acids is 1. The fourth-order valence-corrected chi connectivity index (χ4v) is 3.30. The van der Waals surface area contributed by atoms with E-state index in [0.29, 0.717) is 29.5 Å². The topological polar surface area (TPSA) is 62.5 Å². The molecule has 1 fully saturated rings. The van der Waals surface area contributed by atoms with E-state index in [2.05, 4.69) is 10.1 Å². The lowest BCUT2D eigenvalue weighted by molar-refractivity contribution is -0.117. The van der Waals surface area contributed by atoms with Crippen molar-refractivity contribution in [2.24, 2.45) is 0 Å². The Hall–Kier alpha value is -3.22. The first-order valence-electron chi connectivity index (χ1n) is 9.10. The largest absolute Gasteiger partial charge is 0.378 e. The van der Waals surface area contributed by atoms with Crippen LogP contribution in [0.15, 0.2) is 47.0 Å². The molecule has 1 aliphatic rings. The number of aromatic nitrogens is 2. The molecule has 6 nitrogen and oxygen atoms in total. The zero-order valence-corrected chi connectivity index (χ0v) is 16.0. The van der Waals surface area contributed by atoms with E-state index in [4.69, 9.17) is 4.52 Å². The van der Waals surface area contributed by atoms with Crippen LogP contribution in [-0.2, 0) is 4.79 Å². The van der Waals surface area contributed by atoms with Gasteiger partial charge in [-0.25, -0.2) is 4.39 Å². The van der Waals surface area contributed by atoms with Crippen molar-refractivity contribution >= 4 is 17.3 Å². The lowest BCUT2D eigenvalue weighted by Gasteiger charge is -2.16. The molecule has 144 valence electrons. The first-order chi connectivity index (χ1) is 13.4. The van der Waals surface area contributed by atoms with Crippen molar-refractivity contribution in [3.05, 3.63) is 59.7 Å². The first-order valence-corrected chi connectivity index (χ1v) is 9.10. The van der Waals surface area contributed by atoms with Gasteiger partial charge in [0.1, 0.15) is 5.82 Å². The lowest BCUT2D eigenvalue weighted by Crippen LogP contribution is -2.24. The van der Waals surface area contributed by atoms with Gasteiger partial charge in [0.2, 0.25) is 17.6 Å². The van der Waals surface area contributed by atoms with Crippen molar-refractivity contribution in [1.82, 2.24) is 10.1 Å². The van der Waals surface area contributed by atoms with Crippen LogP contribution in [0.3, 0.4) is 0 Å². The van der Waals surface area contributed by atoms with E-state index < -0.39 is 0 Å². The first kappa shape index (κ1) is 18.2. The Kier molecular flexibility index (Phi) is 4.58. The van der Waals surface area contributed by atoms with Crippen molar-refractivity contribution in [3.8, 4) is 11.4 Å². The number of hydrogen-bond acceptors (Lipinski definition) is 5. The maximum Gasteiger partial charge on any atom is 0.232 e. The zero-order chi connectivity index (χ0) is 19.8. The highest BCUT2D eigenvalue weighted by atomic mass is 19.1. The number of benzene rings is 2. The molecule has 0 radical (unpaired) electrons. The van der Waals surface area contributed by atoms with Crippen molar-refractivity contribution in [2.45, 2.75) is 19.3 Å². The van der Waals surface area contributed by atoms with E-state index >= 15 is 0 Å². The molecule has 1 amide bonds. The van der Waals surface area contributed by atoms with Crippen LogP contribution in [0.4, 0.5) is 15.8 Å². The summed E-state index contributed by atoms with van der Waals surface area (Å²) in [6, 6.07) is 12.7. The number of aryl methyl sites for hydroxylation is 1. The van der Waals surface area contributed by atoms with Crippen LogP contribution in [0.2, 0.25) is 0 Å². The summed E-state index contributed by atoms with van der Waals surface area (Å²) >= 11 is 0. The van der Waals surface area contributed by atoms with E-state index in [1.54, 1.807) is 24.0 Å². The molecule has 0 aliphatic carbocycles. The summed E-state index contributed by atoms with van der Waals surface area (Å²) < 4.78 is 19.3. The molecule has 1 aromatic heterocycles. The van der Waals surface area contributed by atoms with Gasteiger partial charge in [-0.05, 0) is 48.9 Å². The molecule has 0 bridgehead atoms. The summed E-state index contributed by atoms with van der Waals surface area (Å²) in [5, 5.41) is 4.06.